The lowest BCUT2D eigenvalue weighted by atomic mass is 9.90. The van der Waals surface area contributed by atoms with Gasteiger partial charge in [0.15, 0.2) is 0 Å². The number of aliphatic hydroxyl groups is 1. The van der Waals surface area contributed by atoms with E-state index in [1.807, 2.05) is 18.2 Å². The van der Waals surface area contributed by atoms with Gasteiger partial charge in [-0.05, 0) is 48.1 Å². The molecule has 6 nitrogen and oxygen atoms in total. The molecule has 198 valence electrons. The molecule has 1 saturated carbocycles. The number of alkyl halides is 1. The molecule has 0 spiro atoms. The highest BCUT2D eigenvalue weighted by Crippen LogP contribution is 2.40. The Kier molecular flexibility index (Phi) is 10.7. The number of morpholine rings is 1. The lowest BCUT2D eigenvalue weighted by Gasteiger charge is -2.26. The van der Waals surface area contributed by atoms with E-state index in [1.54, 1.807) is 0 Å². The van der Waals surface area contributed by atoms with Crippen LogP contribution in [-0.2, 0) is 14.3 Å². The Balaban J connectivity index is 1.11. The van der Waals surface area contributed by atoms with Crippen molar-refractivity contribution in [2.24, 2.45) is 11.8 Å². The molecule has 2 aromatic rings. The predicted octanol–water partition coefficient (Wildman–Crippen LogP) is 5.04. The van der Waals surface area contributed by atoms with Gasteiger partial charge in [0, 0.05) is 37.4 Å². The number of rotatable bonds is 13. The molecule has 1 N–H and O–H groups in total. The van der Waals surface area contributed by atoms with E-state index in [-0.39, 0.29) is 23.2 Å². The molecule has 36 heavy (non-hydrogen) atoms. The molecule has 7 heteroatoms. The molecule has 0 bridgehead atoms. The Labute approximate surface area is 219 Å². The second-order valence-corrected chi connectivity index (χ2v) is 10.7. The minimum absolute atomic E-state index is 0.0216. The van der Waals surface area contributed by atoms with Gasteiger partial charge in [-0.2, -0.15) is 0 Å². The fourth-order valence-electron chi connectivity index (χ4n) is 5.40. The quantitative estimate of drug-likeness (QED) is 0.228. The average Bonchev–Trinajstić information content (AvgIpc) is 3.17. The third kappa shape index (κ3) is 8.07. The highest BCUT2D eigenvalue weighted by atomic mass is 35.5. The number of ether oxygens (including phenoxy) is 3. The second-order valence-electron chi connectivity index (χ2n) is 10.1. The molecule has 0 aromatic heterocycles. The van der Waals surface area contributed by atoms with E-state index in [9.17, 15) is 9.90 Å². The number of nitrogens with zero attached hydrogens (tertiary/aromatic N) is 1. The van der Waals surface area contributed by atoms with E-state index >= 15 is 0 Å². The zero-order valence-corrected chi connectivity index (χ0v) is 21.9. The highest BCUT2D eigenvalue weighted by Gasteiger charge is 2.41. The Hall–Kier alpha value is -1.86. The van der Waals surface area contributed by atoms with Crippen LogP contribution >= 0.6 is 11.6 Å². The van der Waals surface area contributed by atoms with Crippen molar-refractivity contribution in [3.8, 4) is 5.75 Å². The van der Waals surface area contributed by atoms with Crippen LogP contribution in [0.5, 0.6) is 5.75 Å². The van der Waals surface area contributed by atoms with E-state index in [0.29, 0.717) is 26.1 Å². The van der Waals surface area contributed by atoms with E-state index in [4.69, 9.17) is 25.8 Å². The van der Waals surface area contributed by atoms with E-state index in [2.05, 4.69) is 29.2 Å². The maximum atomic E-state index is 12.0. The number of benzene rings is 2. The summed E-state index contributed by atoms with van der Waals surface area (Å²) in [6.45, 7) is 5.07. The lowest BCUT2D eigenvalue weighted by molar-refractivity contribution is -0.144. The van der Waals surface area contributed by atoms with Crippen LogP contribution in [0.25, 0.3) is 10.8 Å². The largest absolute Gasteiger partial charge is 0.493 e. The number of hydrogen-bond donors (Lipinski definition) is 1. The Morgan fingerprint density at radius 1 is 1.03 bits per heavy atom. The third-order valence-corrected chi connectivity index (χ3v) is 8.08. The van der Waals surface area contributed by atoms with Crippen LogP contribution in [0.3, 0.4) is 0 Å². The van der Waals surface area contributed by atoms with Crippen molar-refractivity contribution < 1.29 is 24.1 Å². The van der Waals surface area contributed by atoms with Gasteiger partial charge >= 0.3 is 5.97 Å². The first-order chi connectivity index (χ1) is 17.6. The van der Waals surface area contributed by atoms with Gasteiger partial charge in [0.1, 0.15) is 12.4 Å². The van der Waals surface area contributed by atoms with Crippen molar-refractivity contribution in [1.29, 1.82) is 0 Å². The summed E-state index contributed by atoms with van der Waals surface area (Å²) in [5, 5.41) is 12.9. The Bertz CT molecular complexity index is 950. The number of carbonyl (C=O) groups is 1. The summed E-state index contributed by atoms with van der Waals surface area (Å²) in [7, 11) is 0. The van der Waals surface area contributed by atoms with Crippen molar-refractivity contribution in [3.05, 3.63) is 42.5 Å². The standard InChI is InChI=1S/C29H40ClNO5/c30-27-20-28(32)26(21-36-24-12-11-22-7-5-6-8-23(22)19-24)25(27)9-3-1-2-4-10-29(33)35-18-15-31-13-16-34-17-14-31/h5-8,11-12,19,25-28,32H,1-4,9-10,13-18,20-21H2/t25-,26-,27-,28-/m1/s1. The molecule has 2 aliphatic rings. The van der Waals surface area contributed by atoms with Crippen LogP contribution in [-0.4, -0.2) is 73.5 Å². The van der Waals surface area contributed by atoms with Gasteiger partial charge in [0.25, 0.3) is 0 Å². The maximum Gasteiger partial charge on any atom is 0.305 e. The summed E-state index contributed by atoms with van der Waals surface area (Å²) in [6.07, 6.45) is 5.59. The van der Waals surface area contributed by atoms with Crippen molar-refractivity contribution in [2.45, 2.75) is 56.4 Å². The molecule has 4 atom stereocenters. The molecule has 4 rings (SSSR count). The number of aliphatic hydroxyl groups excluding tert-OH is 1. The van der Waals surface area contributed by atoms with Gasteiger partial charge < -0.3 is 19.3 Å². The van der Waals surface area contributed by atoms with Crippen LogP contribution in [0.2, 0.25) is 0 Å². The Morgan fingerprint density at radius 3 is 2.64 bits per heavy atom. The van der Waals surface area contributed by atoms with Gasteiger partial charge in [-0.25, -0.2) is 0 Å². The summed E-state index contributed by atoms with van der Waals surface area (Å²) < 4.78 is 16.8. The topological polar surface area (TPSA) is 68.2 Å². The summed E-state index contributed by atoms with van der Waals surface area (Å²) >= 11 is 6.63. The van der Waals surface area contributed by atoms with Crippen LogP contribution in [0, 0.1) is 11.8 Å². The smallest absolute Gasteiger partial charge is 0.305 e. The molecule has 1 heterocycles. The minimum Gasteiger partial charge on any atom is -0.493 e. The second kappa shape index (κ2) is 14.2. The van der Waals surface area contributed by atoms with Crippen molar-refractivity contribution in [1.82, 2.24) is 4.90 Å². The molecule has 2 aromatic carbocycles. The first-order valence-corrected chi connectivity index (χ1v) is 13.9. The molecule has 1 saturated heterocycles. The zero-order valence-electron chi connectivity index (χ0n) is 21.2. The maximum absolute atomic E-state index is 12.0. The SMILES string of the molecule is O=C(CCCCCC[C@@H]1[C@@H](COc2ccc3ccccc3c2)[C@H](O)C[C@H]1Cl)OCCN1CCOCC1. The van der Waals surface area contributed by atoms with Gasteiger partial charge in [-0.1, -0.05) is 49.6 Å². The van der Waals surface area contributed by atoms with Crippen LogP contribution < -0.4 is 4.74 Å². The highest BCUT2D eigenvalue weighted by molar-refractivity contribution is 6.21. The van der Waals surface area contributed by atoms with E-state index in [1.165, 1.54) is 5.39 Å². The fourth-order valence-corrected chi connectivity index (χ4v) is 5.90. The predicted molar refractivity (Wildman–Crippen MR) is 143 cm³/mol. The molecular formula is C29H40ClNO5. The molecule has 2 fully saturated rings. The summed E-state index contributed by atoms with van der Waals surface area (Å²) in [5.41, 5.74) is 0. The molecular weight excluding hydrogens is 478 g/mol. The monoisotopic (exact) mass is 517 g/mol. The number of carbonyl (C=O) groups excluding carboxylic acids is 1. The minimum atomic E-state index is -0.426. The molecule has 1 aliphatic heterocycles. The van der Waals surface area contributed by atoms with Gasteiger partial charge in [0.2, 0.25) is 0 Å². The average molecular weight is 518 g/mol. The first kappa shape index (κ1) is 27.2. The van der Waals surface area contributed by atoms with Gasteiger partial charge in [-0.3, -0.25) is 9.69 Å². The molecule has 0 radical (unpaired) electrons. The first-order valence-electron chi connectivity index (χ1n) is 13.5. The zero-order chi connectivity index (χ0) is 25.2. The van der Waals surface area contributed by atoms with E-state index < -0.39 is 6.10 Å². The summed E-state index contributed by atoms with van der Waals surface area (Å²) in [4.78, 5) is 14.3. The van der Waals surface area contributed by atoms with Crippen LogP contribution in [0.4, 0.5) is 0 Å². The lowest BCUT2D eigenvalue weighted by Crippen LogP contribution is -2.38. The van der Waals surface area contributed by atoms with E-state index in [0.717, 1.165) is 76.1 Å². The van der Waals surface area contributed by atoms with Gasteiger partial charge in [-0.15, -0.1) is 11.6 Å². The number of halogens is 1. The summed E-state index contributed by atoms with van der Waals surface area (Å²) in [6, 6.07) is 14.3. The number of esters is 1. The number of unbranched alkanes of at least 4 members (excludes halogenated alkanes) is 3. The van der Waals surface area contributed by atoms with Crippen molar-refractivity contribution in [2.75, 3.05) is 46.1 Å². The number of fused-ring (bicyclic) bond motifs is 1. The number of hydrogen-bond acceptors (Lipinski definition) is 6. The summed E-state index contributed by atoms with van der Waals surface area (Å²) in [5.74, 6) is 1.01. The van der Waals surface area contributed by atoms with Crippen molar-refractivity contribution >= 4 is 28.3 Å². The third-order valence-electron chi connectivity index (χ3n) is 7.58. The fraction of sp³-hybridized carbons (Fsp3) is 0.621. The molecule has 1 aliphatic carbocycles. The normalized spacial score (nSPS) is 24.7. The van der Waals surface area contributed by atoms with Gasteiger partial charge in [0.05, 0.1) is 25.9 Å². The Morgan fingerprint density at radius 2 is 1.81 bits per heavy atom. The van der Waals surface area contributed by atoms with Crippen molar-refractivity contribution in [3.63, 3.8) is 0 Å². The van der Waals surface area contributed by atoms with Crippen LogP contribution in [0.1, 0.15) is 44.9 Å². The molecule has 0 amide bonds. The van der Waals surface area contributed by atoms with Crippen LogP contribution in [0.15, 0.2) is 42.5 Å². The molecule has 0 unspecified atom stereocenters.